The minimum atomic E-state index is -0.331. The van der Waals surface area contributed by atoms with Gasteiger partial charge in [0.2, 0.25) is 0 Å². The van der Waals surface area contributed by atoms with Crippen molar-refractivity contribution in [3.8, 4) is 11.5 Å². The number of carbonyl (C=O) groups is 1. The molecule has 0 bridgehead atoms. The molecule has 4 rings (SSSR count). The summed E-state index contributed by atoms with van der Waals surface area (Å²) in [6.07, 6.45) is 3.12. The minimum absolute atomic E-state index is 0.172. The average molecular weight is 404 g/mol. The van der Waals surface area contributed by atoms with Crippen LogP contribution in [0, 0.1) is 0 Å². The minimum Gasteiger partial charge on any atom is -0.486 e. The summed E-state index contributed by atoms with van der Waals surface area (Å²) in [7, 11) is 0. The summed E-state index contributed by atoms with van der Waals surface area (Å²) in [6, 6.07) is 12.3. The van der Waals surface area contributed by atoms with E-state index in [-0.39, 0.29) is 12.0 Å². The van der Waals surface area contributed by atoms with Gasteiger partial charge in [0.15, 0.2) is 17.6 Å². The summed E-state index contributed by atoms with van der Waals surface area (Å²) < 4.78 is 13.3. The molecular formula is C19H15Cl2N3O3. The van der Waals surface area contributed by atoms with Crippen LogP contribution < -0.4 is 14.8 Å². The van der Waals surface area contributed by atoms with Crippen molar-refractivity contribution in [2.24, 2.45) is 0 Å². The van der Waals surface area contributed by atoms with Crippen LogP contribution in [0.3, 0.4) is 0 Å². The topological polar surface area (TPSA) is 65.4 Å². The van der Waals surface area contributed by atoms with Crippen LogP contribution in [0.25, 0.3) is 0 Å². The predicted octanol–water partition coefficient (Wildman–Crippen LogP) is 4.28. The van der Waals surface area contributed by atoms with Crippen LogP contribution in [-0.2, 0) is 6.54 Å². The zero-order valence-corrected chi connectivity index (χ0v) is 15.6. The normalized spacial score (nSPS) is 15.4. The van der Waals surface area contributed by atoms with Crippen molar-refractivity contribution in [3.05, 3.63) is 70.5 Å². The van der Waals surface area contributed by atoms with Crippen LogP contribution in [0.5, 0.6) is 11.5 Å². The van der Waals surface area contributed by atoms with Crippen molar-refractivity contribution >= 4 is 34.8 Å². The van der Waals surface area contributed by atoms with Crippen molar-refractivity contribution in [2.45, 2.75) is 12.6 Å². The molecule has 1 N–H and O–H groups in total. The molecule has 0 saturated carbocycles. The number of halogens is 2. The first-order valence-electron chi connectivity index (χ1n) is 8.26. The number of amides is 1. The summed E-state index contributed by atoms with van der Waals surface area (Å²) in [5.41, 5.74) is 0.901. The second kappa shape index (κ2) is 7.50. The van der Waals surface area contributed by atoms with E-state index in [0.717, 1.165) is 5.75 Å². The van der Waals surface area contributed by atoms with Crippen LogP contribution in [0.2, 0.25) is 10.0 Å². The molecule has 0 saturated heterocycles. The number of ether oxygens (including phenoxy) is 2. The molecule has 1 aliphatic rings. The lowest BCUT2D eigenvalue weighted by molar-refractivity contribution is 0.0759. The molecule has 1 aromatic heterocycles. The molecule has 3 aromatic rings. The molecule has 1 unspecified atom stereocenters. The van der Waals surface area contributed by atoms with Gasteiger partial charge in [-0.3, -0.25) is 9.48 Å². The molecule has 0 spiro atoms. The highest BCUT2D eigenvalue weighted by atomic mass is 35.5. The maximum absolute atomic E-state index is 12.4. The van der Waals surface area contributed by atoms with Gasteiger partial charge < -0.3 is 14.8 Å². The molecule has 1 aliphatic heterocycles. The van der Waals surface area contributed by atoms with Crippen LogP contribution in [0.4, 0.5) is 5.69 Å². The fourth-order valence-corrected chi connectivity index (χ4v) is 3.26. The first-order valence-corrected chi connectivity index (χ1v) is 9.01. The highest BCUT2D eigenvalue weighted by Gasteiger charge is 2.21. The Hall–Kier alpha value is -2.70. The first-order chi connectivity index (χ1) is 13.1. The van der Waals surface area contributed by atoms with Gasteiger partial charge in [-0.15, -0.1) is 0 Å². The van der Waals surface area contributed by atoms with E-state index in [0.29, 0.717) is 40.2 Å². The standard InChI is InChI=1S/C19H15Cl2N3O3/c20-12-5-6-15(16(21)7-12)19(25)23-13-8-22-24(9-13)10-14-11-26-17-3-1-2-4-18(17)27-14/h1-9,14H,10-11H2,(H,23,25). The van der Waals surface area contributed by atoms with Gasteiger partial charge in [0.1, 0.15) is 6.61 Å². The Kier molecular flexibility index (Phi) is 4.92. The van der Waals surface area contributed by atoms with Crippen molar-refractivity contribution < 1.29 is 14.3 Å². The number of nitrogens with one attached hydrogen (secondary N) is 1. The Balaban J connectivity index is 1.40. The van der Waals surface area contributed by atoms with Gasteiger partial charge in [-0.25, -0.2) is 0 Å². The molecule has 6 nitrogen and oxygen atoms in total. The van der Waals surface area contributed by atoms with E-state index < -0.39 is 0 Å². The lowest BCUT2D eigenvalue weighted by Gasteiger charge is -2.26. The zero-order valence-electron chi connectivity index (χ0n) is 14.1. The largest absolute Gasteiger partial charge is 0.486 e. The maximum Gasteiger partial charge on any atom is 0.257 e. The molecule has 2 aromatic carbocycles. The summed E-state index contributed by atoms with van der Waals surface area (Å²) in [6.45, 7) is 0.921. The SMILES string of the molecule is O=C(Nc1cnn(CC2COc3ccccc3O2)c1)c1ccc(Cl)cc1Cl. The number of rotatable bonds is 4. The van der Waals surface area contributed by atoms with Gasteiger partial charge in [-0.05, 0) is 30.3 Å². The molecular weight excluding hydrogens is 389 g/mol. The third-order valence-electron chi connectivity index (χ3n) is 4.03. The highest BCUT2D eigenvalue weighted by Crippen LogP contribution is 2.31. The van der Waals surface area contributed by atoms with Gasteiger partial charge in [0, 0.05) is 11.2 Å². The molecule has 8 heteroatoms. The number of nitrogens with zero attached hydrogens (tertiary/aromatic N) is 2. The fraction of sp³-hybridized carbons (Fsp3) is 0.158. The molecule has 0 radical (unpaired) electrons. The van der Waals surface area contributed by atoms with Crippen LogP contribution in [-0.4, -0.2) is 28.4 Å². The average Bonchev–Trinajstić information content (AvgIpc) is 3.08. The monoisotopic (exact) mass is 403 g/mol. The van der Waals surface area contributed by atoms with Crippen molar-refractivity contribution in [3.63, 3.8) is 0 Å². The van der Waals surface area contributed by atoms with Crippen molar-refractivity contribution in [1.29, 1.82) is 0 Å². The number of anilines is 1. The van der Waals surface area contributed by atoms with Crippen molar-refractivity contribution in [2.75, 3.05) is 11.9 Å². The molecule has 0 fully saturated rings. The molecule has 138 valence electrons. The first kappa shape index (κ1) is 17.7. The fourth-order valence-electron chi connectivity index (χ4n) is 2.76. The van der Waals surface area contributed by atoms with E-state index in [1.54, 1.807) is 29.2 Å². The Morgan fingerprint density at radius 3 is 2.85 bits per heavy atom. The Morgan fingerprint density at radius 2 is 2.04 bits per heavy atom. The Bertz CT molecular complexity index is 990. The number of aromatic nitrogens is 2. The van der Waals surface area contributed by atoms with Crippen LogP contribution in [0.1, 0.15) is 10.4 Å². The molecule has 27 heavy (non-hydrogen) atoms. The maximum atomic E-state index is 12.4. The van der Waals surface area contributed by atoms with E-state index in [9.17, 15) is 4.79 Å². The smallest absolute Gasteiger partial charge is 0.257 e. The third kappa shape index (κ3) is 4.02. The van der Waals surface area contributed by atoms with Gasteiger partial charge in [0.25, 0.3) is 5.91 Å². The summed E-state index contributed by atoms with van der Waals surface area (Å²) in [4.78, 5) is 12.4. The highest BCUT2D eigenvalue weighted by molar-refractivity contribution is 6.37. The van der Waals surface area contributed by atoms with Crippen LogP contribution >= 0.6 is 23.2 Å². The molecule has 1 amide bonds. The lowest BCUT2D eigenvalue weighted by Crippen LogP contribution is -2.33. The Labute approximate surface area is 165 Å². The van der Waals surface area contributed by atoms with Gasteiger partial charge in [0.05, 0.1) is 29.0 Å². The summed E-state index contributed by atoms with van der Waals surface area (Å²) >= 11 is 11.9. The van der Waals surface area contributed by atoms with E-state index >= 15 is 0 Å². The Morgan fingerprint density at radius 1 is 1.22 bits per heavy atom. The summed E-state index contributed by atoms with van der Waals surface area (Å²) in [5.74, 6) is 1.12. The van der Waals surface area contributed by atoms with Gasteiger partial charge in [-0.1, -0.05) is 35.3 Å². The predicted molar refractivity (Wildman–Crippen MR) is 103 cm³/mol. The zero-order chi connectivity index (χ0) is 18.8. The van der Waals surface area contributed by atoms with E-state index in [4.69, 9.17) is 32.7 Å². The number of hydrogen-bond acceptors (Lipinski definition) is 4. The molecule has 0 aliphatic carbocycles. The van der Waals surface area contributed by atoms with Crippen LogP contribution in [0.15, 0.2) is 54.9 Å². The third-order valence-corrected chi connectivity index (χ3v) is 4.57. The summed E-state index contributed by atoms with van der Waals surface area (Å²) in [5, 5.41) is 7.80. The number of fused-ring (bicyclic) bond motifs is 1. The van der Waals surface area contributed by atoms with E-state index in [2.05, 4.69) is 10.4 Å². The lowest BCUT2D eigenvalue weighted by atomic mass is 10.2. The molecule has 1 atom stereocenters. The van der Waals surface area contributed by atoms with E-state index in [1.807, 2.05) is 24.3 Å². The van der Waals surface area contributed by atoms with E-state index in [1.165, 1.54) is 6.07 Å². The number of benzene rings is 2. The molecule has 2 heterocycles. The van der Waals surface area contributed by atoms with Gasteiger partial charge >= 0.3 is 0 Å². The van der Waals surface area contributed by atoms with Crippen molar-refractivity contribution in [1.82, 2.24) is 9.78 Å². The second-order valence-corrected chi connectivity index (χ2v) is 6.87. The second-order valence-electron chi connectivity index (χ2n) is 6.03. The van der Waals surface area contributed by atoms with Gasteiger partial charge in [-0.2, -0.15) is 5.10 Å². The number of carbonyl (C=O) groups excluding carboxylic acids is 1. The number of hydrogen-bond donors (Lipinski definition) is 1. The quantitative estimate of drug-likeness (QED) is 0.705. The number of para-hydroxylation sites is 2.